The SMILES string of the molecule is Cc1nn(C)c(CNCCCC(C)C)c1Cl. The lowest BCUT2D eigenvalue weighted by Crippen LogP contribution is -2.17. The summed E-state index contributed by atoms with van der Waals surface area (Å²) in [4.78, 5) is 0. The molecule has 3 nitrogen and oxygen atoms in total. The Hall–Kier alpha value is -0.540. The molecule has 0 aromatic carbocycles. The van der Waals surface area contributed by atoms with Crippen molar-refractivity contribution in [1.82, 2.24) is 15.1 Å². The molecule has 0 aliphatic heterocycles. The smallest absolute Gasteiger partial charge is 0.0860 e. The second-order valence-corrected chi connectivity index (χ2v) is 5.06. The molecular weight excluding hydrogens is 222 g/mol. The maximum absolute atomic E-state index is 6.15. The summed E-state index contributed by atoms with van der Waals surface area (Å²) in [5.41, 5.74) is 1.98. The van der Waals surface area contributed by atoms with Crippen LogP contribution in [0.15, 0.2) is 0 Å². The van der Waals surface area contributed by atoms with Crippen LogP contribution in [0.2, 0.25) is 5.02 Å². The van der Waals surface area contributed by atoms with E-state index >= 15 is 0 Å². The van der Waals surface area contributed by atoms with Crippen LogP contribution in [0.25, 0.3) is 0 Å². The van der Waals surface area contributed by atoms with Crippen LogP contribution in [0.4, 0.5) is 0 Å². The summed E-state index contributed by atoms with van der Waals surface area (Å²) >= 11 is 6.15. The first-order chi connectivity index (χ1) is 7.52. The minimum atomic E-state index is 0.782. The van der Waals surface area contributed by atoms with Gasteiger partial charge in [-0.2, -0.15) is 5.10 Å². The van der Waals surface area contributed by atoms with E-state index in [2.05, 4.69) is 24.3 Å². The standard InChI is InChI=1S/C12H22ClN3/c1-9(2)6-5-7-14-8-11-12(13)10(3)15-16(11)4/h9,14H,5-8H2,1-4H3. The lowest BCUT2D eigenvalue weighted by molar-refractivity contribution is 0.521. The molecule has 1 aromatic heterocycles. The zero-order valence-electron chi connectivity index (χ0n) is 10.7. The number of aromatic nitrogens is 2. The van der Waals surface area contributed by atoms with Crippen molar-refractivity contribution in [1.29, 1.82) is 0 Å². The van der Waals surface area contributed by atoms with Crippen LogP contribution in [0, 0.1) is 12.8 Å². The Labute approximate surface area is 103 Å². The van der Waals surface area contributed by atoms with Gasteiger partial charge in [0.05, 0.1) is 16.4 Å². The maximum atomic E-state index is 6.15. The summed E-state index contributed by atoms with van der Waals surface area (Å²) in [6.07, 6.45) is 2.48. The molecule has 4 heteroatoms. The van der Waals surface area contributed by atoms with E-state index in [-0.39, 0.29) is 0 Å². The van der Waals surface area contributed by atoms with E-state index in [1.54, 1.807) is 0 Å². The molecule has 0 bridgehead atoms. The minimum absolute atomic E-state index is 0.782. The molecule has 16 heavy (non-hydrogen) atoms. The Kier molecular flexibility index (Phi) is 5.29. The fourth-order valence-electron chi connectivity index (χ4n) is 1.71. The second-order valence-electron chi connectivity index (χ2n) is 4.68. The van der Waals surface area contributed by atoms with Crippen molar-refractivity contribution >= 4 is 11.6 Å². The lowest BCUT2D eigenvalue weighted by atomic mass is 10.1. The Bertz CT molecular complexity index is 331. The van der Waals surface area contributed by atoms with E-state index in [4.69, 9.17) is 11.6 Å². The summed E-state index contributed by atoms with van der Waals surface area (Å²) in [5.74, 6) is 0.782. The van der Waals surface area contributed by atoms with Crippen LogP contribution < -0.4 is 5.32 Å². The molecule has 0 saturated carbocycles. The summed E-state index contributed by atoms with van der Waals surface area (Å²) in [7, 11) is 1.93. The average molecular weight is 244 g/mol. The number of hydrogen-bond donors (Lipinski definition) is 1. The highest BCUT2D eigenvalue weighted by Gasteiger charge is 2.09. The molecule has 0 saturated heterocycles. The van der Waals surface area contributed by atoms with Crippen molar-refractivity contribution in [3.05, 3.63) is 16.4 Å². The summed E-state index contributed by atoms with van der Waals surface area (Å²) < 4.78 is 1.85. The molecule has 0 unspecified atom stereocenters. The number of rotatable bonds is 6. The molecule has 1 rings (SSSR count). The van der Waals surface area contributed by atoms with Gasteiger partial charge in [-0.25, -0.2) is 0 Å². The highest BCUT2D eigenvalue weighted by molar-refractivity contribution is 6.31. The number of hydrogen-bond acceptors (Lipinski definition) is 2. The van der Waals surface area contributed by atoms with Crippen LogP contribution in [0.1, 0.15) is 38.1 Å². The van der Waals surface area contributed by atoms with Gasteiger partial charge in [-0.1, -0.05) is 25.4 Å². The quantitative estimate of drug-likeness (QED) is 0.779. The van der Waals surface area contributed by atoms with Crippen LogP contribution in [-0.4, -0.2) is 16.3 Å². The van der Waals surface area contributed by atoms with Gasteiger partial charge < -0.3 is 5.32 Å². The van der Waals surface area contributed by atoms with Gasteiger partial charge in [0.2, 0.25) is 0 Å². The van der Waals surface area contributed by atoms with Gasteiger partial charge in [0.25, 0.3) is 0 Å². The summed E-state index contributed by atoms with van der Waals surface area (Å²) in [6, 6.07) is 0. The first-order valence-corrected chi connectivity index (χ1v) is 6.28. The van der Waals surface area contributed by atoms with Crippen molar-refractivity contribution in [2.24, 2.45) is 13.0 Å². The molecule has 1 aromatic rings. The molecule has 1 N–H and O–H groups in total. The normalized spacial score (nSPS) is 11.4. The van der Waals surface area contributed by atoms with E-state index in [1.807, 2.05) is 18.7 Å². The van der Waals surface area contributed by atoms with Gasteiger partial charge in [0.1, 0.15) is 0 Å². The first kappa shape index (κ1) is 13.5. The van der Waals surface area contributed by atoms with Gasteiger partial charge in [0.15, 0.2) is 0 Å². The van der Waals surface area contributed by atoms with Crippen molar-refractivity contribution < 1.29 is 0 Å². The average Bonchev–Trinajstić information content (AvgIpc) is 2.43. The second kappa shape index (κ2) is 6.26. The molecule has 0 amide bonds. The van der Waals surface area contributed by atoms with Gasteiger partial charge in [0, 0.05) is 13.6 Å². The third-order valence-corrected chi connectivity index (χ3v) is 3.18. The Morgan fingerprint density at radius 1 is 1.44 bits per heavy atom. The molecular formula is C12H22ClN3. The van der Waals surface area contributed by atoms with Gasteiger partial charge in [-0.15, -0.1) is 0 Å². The highest BCUT2D eigenvalue weighted by atomic mass is 35.5. The van der Waals surface area contributed by atoms with Gasteiger partial charge in [-0.05, 0) is 32.2 Å². The third-order valence-electron chi connectivity index (χ3n) is 2.69. The maximum Gasteiger partial charge on any atom is 0.0860 e. The monoisotopic (exact) mass is 243 g/mol. The van der Waals surface area contributed by atoms with E-state index in [0.29, 0.717) is 0 Å². The Morgan fingerprint density at radius 2 is 2.12 bits per heavy atom. The van der Waals surface area contributed by atoms with Crippen molar-refractivity contribution in [3.63, 3.8) is 0 Å². The number of aryl methyl sites for hydroxylation is 2. The van der Waals surface area contributed by atoms with Gasteiger partial charge >= 0.3 is 0 Å². The zero-order chi connectivity index (χ0) is 12.1. The van der Waals surface area contributed by atoms with Crippen LogP contribution in [0.5, 0.6) is 0 Å². The zero-order valence-corrected chi connectivity index (χ0v) is 11.4. The number of halogens is 1. The molecule has 0 spiro atoms. The van der Waals surface area contributed by atoms with Crippen LogP contribution in [-0.2, 0) is 13.6 Å². The molecule has 0 aliphatic carbocycles. The highest BCUT2D eigenvalue weighted by Crippen LogP contribution is 2.18. The van der Waals surface area contributed by atoms with Crippen LogP contribution in [0.3, 0.4) is 0 Å². The number of nitrogens with one attached hydrogen (secondary N) is 1. The first-order valence-electron chi connectivity index (χ1n) is 5.91. The van der Waals surface area contributed by atoms with E-state index < -0.39 is 0 Å². The fraction of sp³-hybridized carbons (Fsp3) is 0.750. The molecule has 0 fully saturated rings. The van der Waals surface area contributed by atoms with Crippen molar-refractivity contribution in [2.45, 2.75) is 40.2 Å². The summed E-state index contributed by atoms with van der Waals surface area (Å²) in [5, 5.41) is 8.48. The molecule has 0 radical (unpaired) electrons. The Morgan fingerprint density at radius 3 is 2.62 bits per heavy atom. The number of nitrogens with zero attached hydrogens (tertiary/aromatic N) is 2. The lowest BCUT2D eigenvalue weighted by Gasteiger charge is -2.07. The van der Waals surface area contributed by atoms with E-state index in [9.17, 15) is 0 Å². The van der Waals surface area contributed by atoms with Crippen molar-refractivity contribution in [2.75, 3.05) is 6.54 Å². The fourth-order valence-corrected chi connectivity index (χ4v) is 1.94. The molecule has 0 atom stereocenters. The minimum Gasteiger partial charge on any atom is -0.311 e. The van der Waals surface area contributed by atoms with Crippen molar-refractivity contribution in [3.8, 4) is 0 Å². The predicted octanol–water partition coefficient (Wildman–Crippen LogP) is 2.91. The topological polar surface area (TPSA) is 29.9 Å². The molecule has 1 heterocycles. The predicted molar refractivity (Wildman–Crippen MR) is 68.7 cm³/mol. The Balaban J connectivity index is 2.32. The largest absolute Gasteiger partial charge is 0.311 e. The third kappa shape index (κ3) is 3.80. The summed E-state index contributed by atoms with van der Waals surface area (Å²) in [6.45, 7) is 8.28. The molecule has 92 valence electrons. The van der Waals surface area contributed by atoms with Crippen LogP contribution >= 0.6 is 11.6 Å². The van der Waals surface area contributed by atoms with E-state index in [0.717, 1.165) is 35.4 Å². The molecule has 0 aliphatic rings. The van der Waals surface area contributed by atoms with Gasteiger partial charge in [-0.3, -0.25) is 4.68 Å². The van der Waals surface area contributed by atoms with E-state index in [1.165, 1.54) is 12.8 Å².